The van der Waals surface area contributed by atoms with E-state index in [2.05, 4.69) is 22.2 Å². The highest BCUT2D eigenvalue weighted by molar-refractivity contribution is 7.92. The largest absolute Gasteiger partial charge is 0.497 e. The minimum atomic E-state index is -3.96. The Labute approximate surface area is 198 Å². The summed E-state index contributed by atoms with van der Waals surface area (Å²) >= 11 is 0. The van der Waals surface area contributed by atoms with Crippen molar-refractivity contribution in [2.24, 2.45) is 5.92 Å². The Morgan fingerprint density at radius 3 is 2.59 bits per heavy atom. The summed E-state index contributed by atoms with van der Waals surface area (Å²) in [7, 11) is -0.702. The Balaban J connectivity index is 1.51. The van der Waals surface area contributed by atoms with Crippen molar-refractivity contribution in [1.29, 1.82) is 0 Å². The number of anilines is 2. The van der Waals surface area contributed by atoms with Crippen LogP contribution in [0.1, 0.15) is 29.5 Å². The molecule has 2 aliphatic rings. The molecule has 0 unspecified atom stereocenters. The van der Waals surface area contributed by atoms with Crippen LogP contribution in [0.5, 0.6) is 11.5 Å². The fourth-order valence-electron chi connectivity index (χ4n) is 4.87. The molecular weight excluding hydrogens is 455 g/mol. The van der Waals surface area contributed by atoms with Gasteiger partial charge in [0, 0.05) is 23.2 Å². The number of hydrogen-bond acceptors (Lipinski definition) is 5. The first-order valence-electron chi connectivity index (χ1n) is 11.0. The third kappa shape index (κ3) is 3.88. The molecule has 0 saturated heterocycles. The quantitative estimate of drug-likeness (QED) is 0.458. The third-order valence-corrected chi connectivity index (χ3v) is 7.90. The molecule has 3 atom stereocenters. The van der Waals surface area contributed by atoms with Gasteiger partial charge in [-0.3, -0.25) is 4.72 Å². The van der Waals surface area contributed by atoms with Crippen molar-refractivity contribution >= 4 is 21.4 Å². The summed E-state index contributed by atoms with van der Waals surface area (Å²) in [6.45, 7) is 0. The Morgan fingerprint density at radius 2 is 1.82 bits per heavy atom. The van der Waals surface area contributed by atoms with Gasteiger partial charge in [-0.2, -0.15) is 0 Å². The molecule has 1 heterocycles. The zero-order valence-electron chi connectivity index (χ0n) is 18.8. The topological polar surface area (TPSA) is 76.7 Å². The summed E-state index contributed by atoms with van der Waals surface area (Å²) in [5, 5.41) is 3.60. The van der Waals surface area contributed by atoms with Gasteiger partial charge in [0.1, 0.15) is 17.3 Å². The number of allylic oxidation sites excluding steroid dienone is 2. The summed E-state index contributed by atoms with van der Waals surface area (Å²) in [6, 6.07) is 16.5. The van der Waals surface area contributed by atoms with E-state index in [4.69, 9.17) is 9.47 Å². The molecule has 0 aromatic heterocycles. The monoisotopic (exact) mass is 480 g/mol. The van der Waals surface area contributed by atoms with E-state index in [1.807, 2.05) is 18.2 Å². The van der Waals surface area contributed by atoms with Crippen molar-refractivity contribution in [2.45, 2.75) is 23.3 Å². The van der Waals surface area contributed by atoms with E-state index in [0.29, 0.717) is 0 Å². The standard InChI is InChI=1S/C26H25FN2O4S/c1-32-16-10-12-20(25(14-16)33-2)26-19-7-5-6-18(19)21-15-17(11-13-23(21)28-26)34(30,31)29-24-9-4-3-8-22(24)27/h3-6,8-15,18-19,26,28-29H,7H2,1-2H3/t18-,19+,26-/m0/s1. The third-order valence-electron chi connectivity index (χ3n) is 6.54. The normalized spacial score (nSPS) is 20.7. The molecule has 5 rings (SSSR count). The van der Waals surface area contributed by atoms with E-state index in [-0.39, 0.29) is 28.5 Å². The van der Waals surface area contributed by atoms with Crippen LogP contribution in [-0.2, 0) is 10.0 Å². The number of nitrogens with one attached hydrogen (secondary N) is 2. The van der Waals surface area contributed by atoms with Gasteiger partial charge < -0.3 is 14.8 Å². The van der Waals surface area contributed by atoms with Gasteiger partial charge in [0.05, 0.1) is 30.8 Å². The molecule has 6 nitrogen and oxygen atoms in total. The van der Waals surface area contributed by atoms with Crippen molar-refractivity contribution < 1.29 is 22.3 Å². The average Bonchev–Trinajstić information content (AvgIpc) is 3.34. The Kier molecular flexibility index (Phi) is 5.69. The van der Waals surface area contributed by atoms with E-state index < -0.39 is 15.8 Å². The van der Waals surface area contributed by atoms with Gasteiger partial charge >= 0.3 is 0 Å². The molecule has 3 aromatic carbocycles. The van der Waals surface area contributed by atoms with E-state index >= 15 is 0 Å². The van der Waals surface area contributed by atoms with Crippen LogP contribution in [0.15, 0.2) is 77.7 Å². The van der Waals surface area contributed by atoms with Crippen molar-refractivity contribution in [3.8, 4) is 11.5 Å². The van der Waals surface area contributed by atoms with Crippen LogP contribution in [0.3, 0.4) is 0 Å². The van der Waals surface area contributed by atoms with Crippen molar-refractivity contribution in [2.75, 3.05) is 24.3 Å². The summed E-state index contributed by atoms with van der Waals surface area (Å²) < 4.78 is 53.4. The lowest BCUT2D eigenvalue weighted by molar-refractivity contribution is 0.372. The molecular formula is C26H25FN2O4S. The molecule has 34 heavy (non-hydrogen) atoms. The van der Waals surface area contributed by atoms with E-state index in [9.17, 15) is 12.8 Å². The van der Waals surface area contributed by atoms with Crippen LogP contribution >= 0.6 is 0 Å². The van der Waals surface area contributed by atoms with Crippen molar-refractivity contribution in [3.63, 3.8) is 0 Å². The van der Waals surface area contributed by atoms with Crippen molar-refractivity contribution in [1.82, 2.24) is 0 Å². The summed E-state index contributed by atoms with van der Waals surface area (Å²) in [5.41, 5.74) is 2.70. The highest BCUT2D eigenvalue weighted by atomic mass is 32.2. The Bertz CT molecular complexity index is 1370. The minimum absolute atomic E-state index is 0.0210. The zero-order chi connectivity index (χ0) is 23.9. The first-order valence-corrected chi connectivity index (χ1v) is 12.5. The number of rotatable bonds is 6. The molecule has 0 amide bonds. The number of methoxy groups -OCH3 is 2. The number of benzene rings is 3. The SMILES string of the molecule is COc1ccc([C@H]2Nc3ccc(S(=O)(=O)Nc4ccccc4F)cc3[C@H]3C=CC[C@H]32)c(OC)c1. The molecule has 0 bridgehead atoms. The van der Waals surface area contributed by atoms with Gasteiger partial charge in [0.25, 0.3) is 10.0 Å². The highest BCUT2D eigenvalue weighted by Crippen LogP contribution is 2.51. The zero-order valence-corrected chi connectivity index (χ0v) is 19.6. The summed E-state index contributed by atoms with van der Waals surface area (Å²) in [5.74, 6) is 1.05. The van der Waals surface area contributed by atoms with E-state index in [1.54, 1.807) is 32.4 Å². The predicted octanol–water partition coefficient (Wildman–Crippen LogP) is 5.47. The van der Waals surface area contributed by atoms with Gasteiger partial charge in [0.15, 0.2) is 0 Å². The maximum Gasteiger partial charge on any atom is 0.261 e. The lowest BCUT2D eigenvalue weighted by atomic mass is 9.77. The number of hydrogen-bond donors (Lipinski definition) is 2. The van der Waals surface area contributed by atoms with Crippen molar-refractivity contribution in [3.05, 3.63) is 89.8 Å². The second-order valence-corrected chi connectivity index (χ2v) is 10.1. The predicted molar refractivity (Wildman–Crippen MR) is 130 cm³/mol. The van der Waals surface area contributed by atoms with Crippen LogP contribution < -0.4 is 19.5 Å². The summed E-state index contributed by atoms with van der Waals surface area (Å²) in [6.07, 6.45) is 5.11. The van der Waals surface area contributed by atoms with Crippen LogP contribution in [0.2, 0.25) is 0 Å². The van der Waals surface area contributed by atoms with E-state index in [1.165, 1.54) is 24.3 Å². The second kappa shape index (κ2) is 8.68. The molecule has 0 saturated carbocycles. The fourth-order valence-corrected chi connectivity index (χ4v) is 5.97. The lowest BCUT2D eigenvalue weighted by Gasteiger charge is -2.38. The fraction of sp³-hybridized carbons (Fsp3) is 0.231. The maximum atomic E-state index is 14.0. The second-order valence-electron chi connectivity index (χ2n) is 8.42. The Morgan fingerprint density at radius 1 is 1.00 bits per heavy atom. The number of fused-ring (bicyclic) bond motifs is 3. The summed E-state index contributed by atoms with van der Waals surface area (Å²) in [4.78, 5) is 0.0934. The highest BCUT2D eigenvalue weighted by Gasteiger charge is 2.39. The number of halogens is 1. The van der Waals surface area contributed by atoms with Gasteiger partial charge in [-0.15, -0.1) is 0 Å². The van der Waals surface area contributed by atoms with Crippen LogP contribution in [0.25, 0.3) is 0 Å². The Hall–Kier alpha value is -3.52. The number of sulfonamides is 1. The first kappa shape index (κ1) is 22.3. The van der Waals surface area contributed by atoms with Crippen LogP contribution in [0.4, 0.5) is 15.8 Å². The maximum absolute atomic E-state index is 14.0. The van der Waals surface area contributed by atoms with Gasteiger partial charge in [-0.1, -0.05) is 24.3 Å². The lowest BCUT2D eigenvalue weighted by Crippen LogP contribution is -2.29. The average molecular weight is 481 g/mol. The molecule has 1 aliphatic carbocycles. The molecule has 176 valence electrons. The molecule has 8 heteroatoms. The van der Waals surface area contributed by atoms with Gasteiger partial charge in [-0.05, 0) is 60.4 Å². The molecule has 0 fully saturated rings. The molecule has 0 spiro atoms. The molecule has 1 aliphatic heterocycles. The minimum Gasteiger partial charge on any atom is -0.497 e. The number of para-hydroxylation sites is 1. The smallest absolute Gasteiger partial charge is 0.261 e. The first-order chi connectivity index (χ1) is 16.4. The number of ether oxygens (including phenoxy) is 2. The van der Waals surface area contributed by atoms with Crippen LogP contribution in [-0.4, -0.2) is 22.6 Å². The van der Waals surface area contributed by atoms with Gasteiger partial charge in [-0.25, -0.2) is 12.8 Å². The van der Waals surface area contributed by atoms with E-state index in [0.717, 1.165) is 34.7 Å². The molecule has 3 aromatic rings. The molecule has 0 radical (unpaired) electrons. The molecule has 2 N–H and O–H groups in total. The van der Waals surface area contributed by atoms with Gasteiger partial charge in [0.2, 0.25) is 0 Å². The van der Waals surface area contributed by atoms with Crippen LogP contribution in [0, 0.1) is 11.7 Å².